The number of amides is 1. The molecule has 0 unspecified atom stereocenters. The van der Waals surface area contributed by atoms with Crippen LogP contribution < -0.4 is 20.5 Å². The highest BCUT2D eigenvalue weighted by molar-refractivity contribution is 5.81. The lowest BCUT2D eigenvalue weighted by molar-refractivity contribution is -0.122. The Morgan fingerprint density at radius 1 is 1.30 bits per heavy atom. The fourth-order valence-corrected chi connectivity index (χ4v) is 1.93. The van der Waals surface area contributed by atoms with Gasteiger partial charge in [0.05, 0.1) is 20.3 Å². The van der Waals surface area contributed by atoms with Crippen molar-refractivity contribution in [2.75, 3.05) is 14.2 Å². The van der Waals surface area contributed by atoms with E-state index in [4.69, 9.17) is 15.2 Å². The molecule has 0 fully saturated rings. The van der Waals surface area contributed by atoms with Crippen molar-refractivity contribution in [1.82, 2.24) is 5.32 Å². The second kappa shape index (κ2) is 7.75. The Bertz CT molecular complexity index is 447. The molecule has 0 bridgehead atoms. The van der Waals surface area contributed by atoms with Crippen LogP contribution in [-0.4, -0.2) is 26.2 Å². The molecule has 0 aliphatic heterocycles. The number of methoxy groups -OCH3 is 2. The minimum Gasteiger partial charge on any atom is -0.497 e. The molecular weight excluding hydrogens is 256 g/mol. The summed E-state index contributed by atoms with van der Waals surface area (Å²) < 4.78 is 10.4. The zero-order valence-corrected chi connectivity index (χ0v) is 12.6. The summed E-state index contributed by atoms with van der Waals surface area (Å²) in [6.07, 6.45) is 0.672. The molecule has 0 saturated carbocycles. The maximum Gasteiger partial charge on any atom is 0.237 e. The Balaban J connectivity index is 2.63. The van der Waals surface area contributed by atoms with Crippen molar-refractivity contribution >= 4 is 5.91 Å². The smallest absolute Gasteiger partial charge is 0.237 e. The first-order valence-corrected chi connectivity index (χ1v) is 6.72. The highest BCUT2D eigenvalue weighted by atomic mass is 16.5. The fraction of sp³-hybridized carbons (Fsp3) is 0.533. The van der Waals surface area contributed by atoms with Crippen molar-refractivity contribution < 1.29 is 14.3 Å². The average molecular weight is 280 g/mol. The molecular formula is C15H24N2O3. The zero-order valence-electron chi connectivity index (χ0n) is 12.6. The van der Waals surface area contributed by atoms with E-state index in [2.05, 4.69) is 5.32 Å². The molecule has 0 aromatic heterocycles. The van der Waals surface area contributed by atoms with Crippen LogP contribution in [0.5, 0.6) is 11.5 Å². The van der Waals surface area contributed by atoms with Crippen molar-refractivity contribution in [3.05, 3.63) is 23.8 Å². The minimum absolute atomic E-state index is 0.142. The number of carbonyl (C=O) groups excluding carboxylic acids is 1. The molecule has 0 radical (unpaired) electrons. The van der Waals surface area contributed by atoms with Gasteiger partial charge in [-0.1, -0.05) is 13.8 Å². The van der Waals surface area contributed by atoms with E-state index >= 15 is 0 Å². The van der Waals surface area contributed by atoms with Gasteiger partial charge in [-0.05, 0) is 24.5 Å². The summed E-state index contributed by atoms with van der Waals surface area (Å²) in [7, 11) is 3.19. The molecule has 0 heterocycles. The fourth-order valence-electron chi connectivity index (χ4n) is 1.93. The Labute approximate surface area is 120 Å². The minimum atomic E-state index is -0.473. The molecule has 3 N–H and O–H groups in total. The summed E-state index contributed by atoms with van der Waals surface area (Å²) in [5.74, 6) is 1.65. The summed E-state index contributed by atoms with van der Waals surface area (Å²) in [6.45, 7) is 4.47. The van der Waals surface area contributed by atoms with Crippen LogP contribution in [0.25, 0.3) is 0 Å². The molecule has 0 spiro atoms. The van der Waals surface area contributed by atoms with Gasteiger partial charge in [0.15, 0.2) is 0 Å². The van der Waals surface area contributed by atoms with E-state index in [1.54, 1.807) is 20.3 Å². The second-order valence-electron chi connectivity index (χ2n) is 5.13. The van der Waals surface area contributed by atoms with Gasteiger partial charge in [-0.15, -0.1) is 0 Å². The topological polar surface area (TPSA) is 73.6 Å². The first kappa shape index (κ1) is 16.3. The highest BCUT2D eigenvalue weighted by Gasteiger charge is 2.15. The van der Waals surface area contributed by atoms with Gasteiger partial charge in [0.1, 0.15) is 11.5 Å². The third-order valence-corrected chi connectivity index (χ3v) is 3.01. The van der Waals surface area contributed by atoms with Gasteiger partial charge < -0.3 is 20.5 Å². The van der Waals surface area contributed by atoms with E-state index in [0.29, 0.717) is 30.4 Å². The molecule has 0 aliphatic carbocycles. The van der Waals surface area contributed by atoms with E-state index in [0.717, 1.165) is 5.56 Å². The lowest BCUT2D eigenvalue weighted by Gasteiger charge is -2.15. The van der Waals surface area contributed by atoms with Gasteiger partial charge in [0.25, 0.3) is 0 Å². The lowest BCUT2D eigenvalue weighted by atomic mass is 10.0. The summed E-state index contributed by atoms with van der Waals surface area (Å²) in [4.78, 5) is 11.9. The standard InChI is InChI=1S/C15H24N2O3/c1-10(2)7-13(16)15(18)17-9-11-5-6-12(19-3)8-14(11)20-4/h5-6,8,10,13H,7,9,16H2,1-4H3,(H,17,18)/t13-/m1/s1. The molecule has 5 nitrogen and oxygen atoms in total. The SMILES string of the molecule is COc1ccc(CNC(=O)[C@H](N)CC(C)C)c(OC)c1. The maximum atomic E-state index is 11.9. The molecule has 5 heteroatoms. The maximum absolute atomic E-state index is 11.9. The number of ether oxygens (including phenoxy) is 2. The largest absolute Gasteiger partial charge is 0.497 e. The second-order valence-corrected chi connectivity index (χ2v) is 5.13. The number of carbonyl (C=O) groups is 1. The molecule has 20 heavy (non-hydrogen) atoms. The van der Waals surface area contributed by atoms with Crippen molar-refractivity contribution in [2.24, 2.45) is 11.7 Å². The molecule has 0 saturated heterocycles. The van der Waals surface area contributed by atoms with Crippen LogP contribution in [-0.2, 0) is 11.3 Å². The van der Waals surface area contributed by atoms with Crippen LogP contribution in [0.15, 0.2) is 18.2 Å². The van der Waals surface area contributed by atoms with Gasteiger partial charge in [0.2, 0.25) is 5.91 Å². The average Bonchev–Trinajstić information content (AvgIpc) is 2.43. The number of hydrogen-bond donors (Lipinski definition) is 2. The first-order valence-electron chi connectivity index (χ1n) is 6.72. The van der Waals surface area contributed by atoms with Gasteiger partial charge in [-0.2, -0.15) is 0 Å². The summed E-state index contributed by atoms with van der Waals surface area (Å²) in [5, 5.41) is 2.83. The van der Waals surface area contributed by atoms with Gasteiger partial charge in [0, 0.05) is 18.2 Å². The van der Waals surface area contributed by atoms with Crippen LogP contribution >= 0.6 is 0 Å². The van der Waals surface area contributed by atoms with Crippen molar-refractivity contribution in [1.29, 1.82) is 0 Å². The number of nitrogens with one attached hydrogen (secondary N) is 1. The Kier molecular flexibility index (Phi) is 6.31. The van der Waals surface area contributed by atoms with Gasteiger partial charge in [-0.3, -0.25) is 4.79 Å². The predicted octanol–water partition coefficient (Wildman–Crippen LogP) is 1.69. The molecule has 1 amide bonds. The number of benzene rings is 1. The first-order chi connectivity index (χ1) is 9.47. The number of nitrogens with two attached hydrogens (primary N) is 1. The Morgan fingerprint density at radius 3 is 2.55 bits per heavy atom. The third kappa shape index (κ3) is 4.74. The van der Waals surface area contributed by atoms with Crippen LogP contribution in [0.2, 0.25) is 0 Å². The quantitative estimate of drug-likeness (QED) is 0.797. The third-order valence-electron chi connectivity index (χ3n) is 3.01. The predicted molar refractivity (Wildman–Crippen MR) is 78.8 cm³/mol. The van der Waals surface area contributed by atoms with E-state index in [9.17, 15) is 4.79 Å². The summed E-state index contributed by atoms with van der Waals surface area (Å²) >= 11 is 0. The van der Waals surface area contributed by atoms with Crippen LogP contribution in [0.3, 0.4) is 0 Å². The summed E-state index contributed by atoms with van der Waals surface area (Å²) in [5.41, 5.74) is 6.72. The molecule has 1 rings (SSSR count). The van der Waals surface area contributed by atoms with Crippen LogP contribution in [0.1, 0.15) is 25.8 Å². The van der Waals surface area contributed by atoms with Crippen molar-refractivity contribution in [3.63, 3.8) is 0 Å². The Morgan fingerprint density at radius 2 is 2.00 bits per heavy atom. The zero-order chi connectivity index (χ0) is 15.1. The summed E-state index contributed by atoms with van der Waals surface area (Å²) in [6, 6.07) is 5.01. The highest BCUT2D eigenvalue weighted by Crippen LogP contribution is 2.24. The van der Waals surface area contributed by atoms with Gasteiger partial charge >= 0.3 is 0 Å². The molecule has 0 aliphatic rings. The van der Waals surface area contributed by atoms with E-state index < -0.39 is 6.04 Å². The van der Waals surface area contributed by atoms with E-state index in [-0.39, 0.29) is 5.91 Å². The monoisotopic (exact) mass is 280 g/mol. The molecule has 1 aromatic carbocycles. The van der Waals surface area contributed by atoms with Crippen molar-refractivity contribution in [3.8, 4) is 11.5 Å². The Hall–Kier alpha value is -1.75. The van der Waals surface area contributed by atoms with E-state index in [1.165, 1.54) is 0 Å². The number of hydrogen-bond acceptors (Lipinski definition) is 4. The van der Waals surface area contributed by atoms with Crippen LogP contribution in [0.4, 0.5) is 0 Å². The number of rotatable bonds is 7. The molecule has 1 aromatic rings. The van der Waals surface area contributed by atoms with Crippen molar-refractivity contribution in [2.45, 2.75) is 32.9 Å². The normalized spacial score (nSPS) is 12.1. The molecule has 112 valence electrons. The van der Waals surface area contributed by atoms with Gasteiger partial charge in [-0.25, -0.2) is 0 Å². The van der Waals surface area contributed by atoms with E-state index in [1.807, 2.05) is 26.0 Å². The van der Waals surface area contributed by atoms with Crippen LogP contribution in [0, 0.1) is 5.92 Å². The molecule has 1 atom stereocenters. The lowest BCUT2D eigenvalue weighted by Crippen LogP contribution is -2.41.